The van der Waals surface area contributed by atoms with Crippen LogP contribution < -0.4 is 10.6 Å². The highest BCUT2D eigenvalue weighted by molar-refractivity contribution is 14.0. The van der Waals surface area contributed by atoms with E-state index in [1.54, 1.807) is 0 Å². The van der Waals surface area contributed by atoms with Crippen LogP contribution in [0.1, 0.15) is 57.4 Å². The fraction of sp³-hybridized carbons (Fsp3) is 0.706. The third-order valence-electron chi connectivity index (χ3n) is 4.00. The molecular formula is C17H30IN5O2. The second-order valence-corrected chi connectivity index (χ2v) is 6.33. The summed E-state index contributed by atoms with van der Waals surface area (Å²) in [5.74, 6) is 1.99. The van der Waals surface area contributed by atoms with Crippen molar-refractivity contribution in [2.75, 3.05) is 26.2 Å². The van der Waals surface area contributed by atoms with E-state index in [9.17, 15) is 4.79 Å². The summed E-state index contributed by atoms with van der Waals surface area (Å²) in [5.41, 5.74) is 0.939. The highest BCUT2D eigenvalue weighted by Gasteiger charge is 2.17. The molecule has 7 nitrogen and oxygen atoms in total. The minimum atomic E-state index is 0. The molecule has 8 heteroatoms. The lowest BCUT2D eigenvalue weighted by atomic mass is 10.1. The van der Waals surface area contributed by atoms with E-state index in [-0.39, 0.29) is 29.9 Å². The Bertz CT molecular complexity index is 553. The maximum atomic E-state index is 12.0. The molecule has 1 aromatic heterocycles. The smallest absolute Gasteiger partial charge is 0.224 e. The Morgan fingerprint density at radius 1 is 1.36 bits per heavy atom. The van der Waals surface area contributed by atoms with Crippen molar-refractivity contribution >= 4 is 35.8 Å². The number of carbonyl (C=O) groups excluding carboxylic acids is 1. The number of aromatic nitrogens is 1. The molecule has 2 rings (SSSR count). The van der Waals surface area contributed by atoms with E-state index in [1.165, 1.54) is 0 Å². The molecule has 25 heavy (non-hydrogen) atoms. The van der Waals surface area contributed by atoms with Crippen molar-refractivity contribution in [1.82, 2.24) is 20.7 Å². The van der Waals surface area contributed by atoms with Crippen LogP contribution in [0.25, 0.3) is 0 Å². The quantitative estimate of drug-likeness (QED) is 0.369. The lowest BCUT2D eigenvalue weighted by Crippen LogP contribution is -2.39. The van der Waals surface area contributed by atoms with Gasteiger partial charge in [0, 0.05) is 38.7 Å². The maximum absolute atomic E-state index is 12.0. The molecule has 0 saturated carbocycles. The van der Waals surface area contributed by atoms with Crippen LogP contribution in [0.5, 0.6) is 0 Å². The Labute approximate surface area is 167 Å². The van der Waals surface area contributed by atoms with Crippen molar-refractivity contribution in [3.05, 3.63) is 17.5 Å². The first-order valence-corrected chi connectivity index (χ1v) is 8.85. The molecular weight excluding hydrogens is 433 g/mol. The van der Waals surface area contributed by atoms with Gasteiger partial charge in [0.05, 0.1) is 5.69 Å². The molecule has 2 N–H and O–H groups in total. The standard InChI is InChI=1S/C17H29N5O2.HI/c1-4-18-17(19-8-7-16(23)22-9-5-6-10-22)20-12-14-11-15(13(2)3)21-24-14;/h11,13H,4-10,12H2,1-3H3,(H2,18,19,20);1H. The van der Waals surface area contributed by atoms with Gasteiger partial charge in [0.2, 0.25) is 5.91 Å². The average molecular weight is 463 g/mol. The Kier molecular flexibility index (Phi) is 9.84. The zero-order chi connectivity index (χ0) is 17.4. The zero-order valence-electron chi connectivity index (χ0n) is 15.4. The predicted octanol–water partition coefficient (Wildman–Crippen LogP) is 2.48. The van der Waals surface area contributed by atoms with Crippen LogP contribution in [0.4, 0.5) is 0 Å². The molecule has 0 aromatic carbocycles. The number of nitrogens with one attached hydrogen (secondary N) is 2. The largest absolute Gasteiger partial charge is 0.359 e. The topological polar surface area (TPSA) is 82.8 Å². The molecule has 0 unspecified atom stereocenters. The zero-order valence-corrected chi connectivity index (χ0v) is 17.7. The van der Waals surface area contributed by atoms with Gasteiger partial charge in [-0.1, -0.05) is 19.0 Å². The van der Waals surface area contributed by atoms with Gasteiger partial charge >= 0.3 is 0 Å². The van der Waals surface area contributed by atoms with Gasteiger partial charge < -0.3 is 20.1 Å². The first-order valence-electron chi connectivity index (χ1n) is 8.85. The van der Waals surface area contributed by atoms with Crippen LogP contribution in [0.15, 0.2) is 15.6 Å². The summed E-state index contributed by atoms with van der Waals surface area (Å²) in [5, 5.41) is 10.4. The number of hydrogen-bond acceptors (Lipinski definition) is 4. The molecule has 2 heterocycles. The molecule has 0 bridgehead atoms. The van der Waals surface area contributed by atoms with E-state index in [4.69, 9.17) is 4.52 Å². The summed E-state index contributed by atoms with van der Waals surface area (Å²) in [7, 11) is 0. The van der Waals surface area contributed by atoms with Crippen LogP contribution in [0.2, 0.25) is 0 Å². The fourth-order valence-corrected chi connectivity index (χ4v) is 2.59. The van der Waals surface area contributed by atoms with Gasteiger partial charge in [0.1, 0.15) is 6.54 Å². The van der Waals surface area contributed by atoms with Crippen molar-refractivity contribution < 1.29 is 9.32 Å². The van der Waals surface area contributed by atoms with Gasteiger partial charge in [-0.3, -0.25) is 4.79 Å². The molecule has 0 atom stereocenters. The number of halogens is 1. The Hall–Kier alpha value is -1.32. The molecule has 1 amide bonds. The number of aliphatic imine (C=N–C) groups is 1. The van der Waals surface area contributed by atoms with Gasteiger partial charge in [-0.25, -0.2) is 4.99 Å². The Balaban J connectivity index is 0.00000312. The molecule has 1 aromatic rings. The van der Waals surface area contributed by atoms with Gasteiger partial charge in [-0.2, -0.15) is 0 Å². The second-order valence-electron chi connectivity index (χ2n) is 6.33. The third kappa shape index (κ3) is 7.21. The maximum Gasteiger partial charge on any atom is 0.224 e. The van der Waals surface area contributed by atoms with Gasteiger partial charge in [-0.05, 0) is 25.7 Å². The third-order valence-corrected chi connectivity index (χ3v) is 4.00. The molecule has 1 saturated heterocycles. The number of nitrogens with zero attached hydrogens (tertiary/aromatic N) is 3. The first kappa shape index (κ1) is 21.7. The lowest BCUT2D eigenvalue weighted by Gasteiger charge is -2.16. The van der Waals surface area contributed by atoms with Gasteiger partial charge in [0.15, 0.2) is 11.7 Å². The summed E-state index contributed by atoms with van der Waals surface area (Å²) < 4.78 is 5.29. The summed E-state index contributed by atoms with van der Waals surface area (Å²) in [6.07, 6.45) is 2.74. The summed E-state index contributed by atoms with van der Waals surface area (Å²) in [6.45, 7) is 9.73. The van der Waals surface area contributed by atoms with Crippen molar-refractivity contribution in [1.29, 1.82) is 0 Å². The minimum Gasteiger partial charge on any atom is -0.359 e. The SMILES string of the molecule is CCNC(=NCc1cc(C(C)C)no1)NCCC(=O)N1CCCC1.I. The number of rotatable bonds is 7. The van der Waals surface area contributed by atoms with E-state index in [0.29, 0.717) is 31.4 Å². The molecule has 1 aliphatic rings. The summed E-state index contributed by atoms with van der Waals surface area (Å²) in [4.78, 5) is 18.5. The van der Waals surface area contributed by atoms with Crippen molar-refractivity contribution in [3.8, 4) is 0 Å². The van der Waals surface area contributed by atoms with Crippen molar-refractivity contribution in [2.45, 2.75) is 52.5 Å². The number of likely N-dealkylation sites (tertiary alicyclic amines) is 1. The van der Waals surface area contributed by atoms with Crippen LogP contribution in [-0.4, -0.2) is 48.1 Å². The Morgan fingerprint density at radius 2 is 2.08 bits per heavy atom. The van der Waals surface area contributed by atoms with Crippen LogP contribution in [0, 0.1) is 0 Å². The van der Waals surface area contributed by atoms with Crippen LogP contribution in [0.3, 0.4) is 0 Å². The van der Waals surface area contributed by atoms with E-state index in [1.807, 2.05) is 17.9 Å². The van der Waals surface area contributed by atoms with E-state index < -0.39 is 0 Å². The van der Waals surface area contributed by atoms with Crippen LogP contribution in [-0.2, 0) is 11.3 Å². The predicted molar refractivity (Wildman–Crippen MR) is 109 cm³/mol. The molecule has 1 fully saturated rings. The summed E-state index contributed by atoms with van der Waals surface area (Å²) >= 11 is 0. The second kappa shape index (κ2) is 11.3. The van der Waals surface area contributed by atoms with Crippen molar-refractivity contribution in [3.63, 3.8) is 0 Å². The number of amides is 1. The fourth-order valence-electron chi connectivity index (χ4n) is 2.59. The molecule has 0 spiro atoms. The number of guanidine groups is 1. The number of hydrogen-bond donors (Lipinski definition) is 2. The van der Waals surface area contributed by atoms with Gasteiger partial charge in [-0.15, -0.1) is 24.0 Å². The molecule has 1 aliphatic heterocycles. The summed E-state index contributed by atoms with van der Waals surface area (Å²) in [6, 6.07) is 1.94. The average Bonchev–Trinajstić information content (AvgIpc) is 3.24. The molecule has 0 aliphatic carbocycles. The monoisotopic (exact) mass is 463 g/mol. The Morgan fingerprint density at radius 3 is 2.68 bits per heavy atom. The molecule has 142 valence electrons. The minimum absolute atomic E-state index is 0. The van der Waals surface area contributed by atoms with E-state index >= 15 is 0 Å². The first-order chi connectivity index (χ1) is 11.6. The van der Waals surface area contributed by atoms with E-state index in [0.717, 1.165) is 43.9 Å². The van der Waals surface area contributed by atoms with Crippen LogP contribution >= 0.6 is 24.0 Å². The van der Waals surface area contributed by atoms with Crippen molar-refractivity contribution in [2.24, 2.45) is 4.99 Å². The highest BCUT2D eigenvalue weighted by Crippen LogP contribution is 2.14. The highest BCUT2D eigenvalue weighted by atomic mass is 127. The normalized spacial score (nSPS) is 14.6. The number of carbonyl (C=O) groups is 1. The molecule has 0 radical (unpaired) electrons. The van der Waals surface area contributed by atoms with Gasteiger partial charge in [0.25, 0.3) is 0 Å². The lowest BCUT2D eigenvalue weighted by molar-refractivity contribution is -0.129. The van der Waals surface area contributed by atoms with E-state index in [2.05, 4.69) is 34.6 Å².